The van der Waals surface area contributed by atoms with Gasteiger partial charge in [-0.05, 0) is 53.9 Å². The number of ether oxygens (including phenoxy) is 1. The molecule has 6 nitrogen and oxygen atoms in total. The van der Waals surface area contributed by atoms with Gasteiger partial charge in [-0.1, -0.05) is 0 Å². The number of allylic oxidation sites excluding steroid dienone is 1. The molecule has 0 aliphatic rings. The molecule has 0 aromatic rings. The lowest BCUT2D eigenvalue weighted by Crippen LogP contribution is -2.48. The Morgan fingerprint density at radius 1 is 1.19 bits per heavy atom. The number of hydrogen-bond acceptors (Lipinski definition) is 5. The third-order valence-corrected chi connectivity index (χ3v) is 2.89. The van der Waals surface area contributed by atoms with Crippen molar-refractivity contribution in [1.29, 1.82) is 5.41 Å². The zero-order valence-electron chi connectivity index (χ0n) is 13.9. The van der Waals surface area contributed by atoms with E-state index in [2.05, 4.69) is 5.32 Å². The van der Waals surface area contributed by atoms with Gasteiger partial charge in [-0.3, -0.25) is 5.32 Å². The summed E-state index contributed by atoms with van der Waals surface area (Å²) in [6, 6.07) is 0. The van der Waals surface area contributed by atoms with E-state index < -0.39 is 22.9 Å². The minimum atomic E-state index is -1.06. The summed E-state index contributed by atoms with van der Waals surface area (Å²) in [6.45, 7) is 12.0. The van der Waals surface area contributed by atoms with Gasteiger partial charge in [0.05, 0.1) is 11.2 Å². The largest absolute Gasteiger partial charge is 0.444 e. The Morgan fingerprint density at radius 3 is 2.10 bits per heavy atom. The molecule has 0 saturated carbocycles. The van der Waals surface area contributed by atoms with Crippen molar-refractivity contribution in [3.05, 3.63) is 11.7 Å². The molecular weight excluding hydrogens is 271 g/mol. The number of rotatable bonds is 6. The van der Waals surface area contributed by atoms with Crippen LogP contribution in [0.4, 0.5) is 4.79 Å². The van der Waals surface area contributed by atoms with Crippen molar-refractivity contribution in [3.63, 3.8) is 0 Å². The molecule has 0 aliphatic carbocycles. The summed E-state index contributed by atoms with van der Waals surface area (Å²) in [4.78, 5) is 11.5. The summed E-state index contributed by atoms with van der Waals surface area (Å²) in [5.74, 6) is 0. The second-order valence-corrected chi connectivity index (χ2v) is 6.74. The van der Waals surface area contributed by atoms with Gasteiger partial charge in [0.25, 0.3) is 0 Å². The molecule has 0 fully saturated rings. The van der Waals surface area contributed by atoms with Crippen molar-refractivity contribution >= 4 is 19.8 Å². The summed E-state index contributed by atoms with van der Waals surface area (Å²) in [5.41, 5.74) is -2.17. The van der Waals surface area contributed by atoms with Crippen molar-refractivity contribution in [2.24, 2.45) is 0 Å². The number of nitrogens with one attached hydrogen (secondary N) is 2. The normalized spacial score (nSPS) is 13.6. The second kappa shape index (κ2) is 7.09. The monoisotopic (exact) mass is 297 g/mol. The van der Waals surface area contributed by atoms with Crippen LogP contribution < -0.4 is 5.32 Å². The van der Waals surface area contributed by atoms with Gasteiger partial charge in [-0.25, -0.2) is 4.79 Å². The fraction of sp³-hybridized carbons (Fsp3) is 0.714. The van der Waals surface area contributed by atoms with Crippen LogP contribution in [0, 0.1) is 5.41 Å². The van der Waals surface area contributed by atoms with Crippen molar-refractivity contribution < 1.29 is 19.3 Å². The fourth-order valence-electron chi connectivity index (χ4n) is 0.919. The molecule has 3 N–H and O–H groups in total. The van der Waals surface area contributed by atoms with E-state index in [0.717, 1.165) is 6.21 Å². The number of alkyl carbamates (subject to hydrolysis) is 1. The van der Waals surface area contributed by atoms with Crippen molar-refractivity contribution in [3.8, 4) is 0 Å². The predicted molar refractivity (Wildman–Crippen MR) is 83.5 cm³/mol. The Bertz CT molecular complexity index is 406. The van der Waals surface area contributed by atoms with Crippen LogP contribution >= 0.6 is 0 Å². The molecule has 1 radical (unpaired) electrons. The van der Waals surface area contributed by atoms with Crippen LogP contribution in [0.15, 0.2) is 11.7 Å². The molecule has 21 heavy (non-hydrogen) atoms. The first-order chi connectivity index (χ1) is 9.28. The minimum Gasteiger partial charge on any atom is -0.444 e. The lowest BCUT2D eigenvalue weighted by Gasteiger charge is -2.37. The Morgan fingerprint density at radius 2 is 1.71 bits per heavy atom. The van der Waals surface area contributed by atoms with Crippen LogP contribution in [0.2, 0.25) is 0 Å². The van der Waals surface area contributed by atoms with Crippen molar-refractivity contribution in [2.45, 2.75) is 65.3 Å². The molecule has 0 spiro atoms. The van der Waals surface area contributed by atoms with Crippen LogP contribution in [0.5, 0.6) is 0 Å². The number of carbonyl (C=O) groups is 1. The maximum atomic E-state index is 11.5. The molecule has 0 saturated heterocycles. The van der Waals surface area contributed by atoms with E-state index in [1.54, 1.807) is 48.5 Å². The van der Waals surface area contributed by atoms with Gasteiger partial charge in [0.1, 0.15) is 5.60 Å². The summed E-state index contributed by atoms with van der Waals surface area (Å²) < 4.78 is 10.6. The molecule has 119 valence electrons. The van der Waals surface area contributed by atoms with Crippen molar-refractivity contribution in [2.75, 3.05) is 0 Å². The first-order valence-electron chi connectivity index (χ1n) is 6.72. The number of aliphatic hydroxyl groups is 1. The quantitative estimate of drug-likeness (QED) is 0.517. The number of amides is 1. The van der Waals surface area contributed by atoms with Gasteiger partial charge in [0, 0.05) is 12.4 Å². The predicted octanol–water partition coefficient (Wildman–Crippen LogP) is 2.19. The summed E-state index contributed by atoms with van der Waals surface area (Å²) in [7, 11) is 1.31. The Labute approximate surface area is 127 Å². The third-order valence-electron chi connectivity index (χ3n) is 2.89. The molecule has 0 atom stereocenters. The SMILES string of the molecule is CC(C)(C)OC(=O)N/C=C(/[B]OC(C)(C)C(C)(C)O)C=N. The van der Waals surface area contributed by atoms with Gasteiger partial charge in [0.15, 0.2) is 0 Å². The highest BCUT2D eigenvalue weighted by Gasteiger charge is 2.35. The maximum Gasteiger partial charge on any atom is 0.411 e. The summed E-state index contributed by atoms with van der Waals surface area (Å²) in [6.07, 6.45) is 1.72. The molecule has 0 rings (SSSR count). The van der Waals surface area contributed by atoms with E-state index in [0.29, 0.717) is 5.47 Å². The molecule has 0 aromatic heterocycles. The molecule has 0 aliphatic heterocycles. The molecule has 1 amide bonds. The molecular formula is C14H26BN2O4. The van der Waals surface area contributed by atoms with Crippen LogP contribution in [-0.4, -0.2) is 41.7 Å². The van der Waals surface area contributed by atoms with E-state index in [-0.39, 0.29) is 0 Å². The standard InChI is InChI=1S/C14H26BN2O4/c1-12(2,3)20-11(18)17-9-10(8-16)15-21-14(6,7)13(4,5)19/h8-9,16,19H,1-7H3,(H,17,18)/b10-9+,16-8?. The molecule has 7 heteroatoms. The van der Waals surface area contributed by atoms with Crippen LogP contribution in [0.1, 0.15) is 48.5 Å². The van der Waals surface area contributed by atoms with E-state index in [1.807, 2.05) is 0 Å². The van der Waals surface area contributed by atoms with Crippen LogP contribution in [0.25, 0.3) is 0 Å². The highest BCUT2D eigenvalue weighted by Crippen LogP contribution is 2.24. The number of hydrogen-bond donors (Lipinski definition) is 3. The third kappa shape index (κ3) is 7.87. The summed E-state index contributed by atoms with van der Waals surface area (Å²) >= 11 is 0. The van der Waals surface area contributed by atoms with E-state index >= 15 is 0 Å². The smallest absolute Gasteiger partial charge is 0.411 e. The summed E-state index contributed by atoms with van der Waals surface area (Å²) in [5, 5.41) is 19.7. The van der Waals surface area contributed by atoms with Gasteiger partial charge in [0.2, 0.25) is 0 Å². The average molecular weight is 297 g/mol. The maximum absolute atomic E-state index is 11.5. The number of carbonyl (C=O) groups excluding carboxylic acids is 1. The second-order valence-electron chi connectivity index (χ2n) is 6.74. The van der Waals surface area contributed by atoms with E-state index in [1.165, 1.54) is 13.7 Å². The average Bonchev–Trinajstić information content (AvgIpc) is 2.25. The lowest BCUT2D eigenvalue weighted by atomic mass is 9.83. The Balaban J connectivity index is 4.57. The first-order valence-corrected chi connectivity index (χ1v) is 6.72. The Hall–Kier alpha value is -1.34. The van der Waals surface area contributed by atoms with E-state index in [9.17, 15) is 9.90 Å². The highest BCUT2D eigenvalue weighted by molar-refractivity contribution is 6.45. The van der Waals surface area contributed by atoms with Gasteiger partial charge in [-0.2, -0.15) is 0 Å². The minimum absolute atomic E-state index is 0.332. The van der Waals surface area contributed by atoms with Gasteiger partial charge in [-0.15, -0.1) is 0 Å². The highest BCUT2D eigenvalue weighted by atomic mass is 16.6. The lowest BCUT2D eigenvalue weighted by molar-refractivity contribution is -0.0895. The van der Waals surface area contributed by atoms with Crippen LogP contribution in [0.3, 0.4) is 0 Å². The Kier molecular flexibility index (Phi) is 6.64. The zero-order valence-corrected chi connectivity index (χ0v) is 13.9. The van der Waals surface area contributed by atoms with Crippen molar-refractivity contribution in [1.82, 2.24) is 5.32 Å². The fourth-order valence-corrected chi connectivity index (χ4v) is 0.919. The molecule has 0 bridgehead atoms. The van der Waals surface area contributed by atoms with Crippen LogP contribution in [-0.2, 0) is 9.39 Å². The molecule has 0 unspecified atom stereocenters. The first kappa shape index (κ1) is 19.7. The topological polar surface area (TPSA) is 91.6 Å². The van der Waals surface area contributed by atoms with E-state index in [4.69, 9.17) is 14.8 Å². The zero-order chi connectivity index (χ0) is 16.9. The molecule has 0 aromatic carbocycles. The van der Waals surface area contributed by atoms with Gasteiger partial charge < -0.3 is 19.9 Å². The van der Waals surface area contributed by atoms with Gasteiger partial charge >= 0.3 is 13.6 Å². The molecule has 0 heterocycles.